The number of nitrogens with one attached hydrogen (secondary N) is 2. The van der Waals surface area contributed by atoms with E-state index in [2.05, 4.69) is 72.2 Å². The summed E-state index contributed by atoms with van der Waals surface area (Å²) in [5.74, 6) is 0.763. The molecular weight excluding hydrogens is 256 g/mol. The van der Waals surface area contributed by atoms with E-state index in [-0.39, 0.29) is 0 Å². The second-order valence-electron chi connectivity index (χ2n) is 6.03. The highest BCUT2D eigenvalue weighted by Crippen LogP contribution is 2.21. The van der Waals surface area contributed by atoms with Crippen molar-refractivity contribution in [3.8, 4) is 0 Å². The van der Waals surface area contributed by atoms with Crippen LogP contribution in [0.4, 0.5) is 5.69 Å². The molecule has 2 nitrogen and oxygen atoms in total. The van der Waals surface area contributed by atoms with Crippen molar-refractivity contribution in [2.75, 3.05) is 18.4 Å². The van der Waals surface area contributed by atoms with Gasteiger partial charge < -0.3 is 10.6 Å². The van der Waals surface area contributed by atoms with Gasteiger partial charge in [-0.25, -0.2) is 0 Å². The fourth-order valence-electron chi connectivity index (χ4n) is 3.05. The highest BCUT2D eigenvalue weighted by Gasteiger charge is 2.22. The Morgan fingerprint density at radius 3 is 2.57 bits per heavy atom. The Labute approximate surface area is 127 Å². The van der Waals surface area contributed by atoms with Gasteiger partial charge in [-0.2, -0.15) is 0 Å². The topological polar surface area (TPSA) is 24.1 Å². The SMILES string of the molecule is CC1CCNC1CNc1ccccc1Cc1ccccc1. The van der Waals surface area contributed by atoms with E-state index >= 15 is 0 Å². The van der Waals surface area contributed by atoms with Crippen molar-refractivity contribution in [1.29, 1.82) is 0 Å². The molecule has 0 spiro atoms. The molecule has 1 saturated heterocycles. The van der Waals surface area contributed by atoms with E-state index in [9.17, 15) is 0 Å². The molecular formula is C19H24N2. The van der Waals surface area contributed by atoms with Gasteiger partial charge >= 0.3 is 0 Å². The maximum absolute atomic E-state index is 3.64. The minimum absolute atomic E-state index is 0.592. The number of hydrogen-bond acceptors (Lipinski definition) is 2. The van der Waals surface area contributed by atoms with Crippen LogP contribution in [0.5, 0.6) is 0 Å². The smallest absolute Gasteiger partial charge is 0.0376 e. The summed E-state index contributed by atoms with van der Waals surface area (Å²) in [5, 5.41) is 7.23. The first-order chi connectivity index (χ1) is 10.3. The third-order valence-corrected chi connectivity index (χ3v) is 4.46. The molecule has 3 rings (SSSR count). The molecule has 2 aromatic carbocycles. The van der Waals surface area contributed by atoms with E-state index < -0.39 is 0 Å². The van der Waals surface area contributed by atoms with Crippen molar-refractivity contribution in [1.82, 2.24) is 5.32 Å². The van der Waals surface area contributed by atoms with Crippen LogP contribution in [0.15, 0.2) is 54.6 Å². The first-order valence-electron chi connectivity index (χ1n) is 7.92. The van der Waals surface area contributed by atoms with Crippen LogP contribution in [0.2, 0.25) is 0 Å². The highest BCUT2D eigenvalue weighted by molar-refractivity contribution is 5.53. The van der Waals surface area contributed by atoms with Crippen LogP contribution < -0.4 is 10.6 Å². The molecule has 2 heteroatoms. The summed E-state index contributed by atoms with van der Waals surface area (Å²) in [4.78, 5) is 0. The van der Waals surface area contributed by atoms with Gasteiger partial charge in [0.05, 0.1) is 0 Å². The standard InChI is InChI=1S/C19H24N2/c1-15-11-12-20-19(15)14-21-18-10-6-5-9-17(18)13-16-7-3-2-4-8-16/h2-10,15,19-21H,11-14H2,1H3. The first-order valence-corrected chi connectivity index (χ1v) is 7.92. The summed E-state index contributed by atoms with van der Waals surface area (Å²) in [7, 11) is 0. The zero-order chi connectivity index (χ0) is 14.5. The third-order valence-electron chi connectivity index (χ3n) is 4.46. The normalized spacial score (nSPS) is 21.4. The van der Waals surface area contributed by atoms with Crippen molar-refractivity contribution in [2.24, 2.45) is 5.92 Å². The van der Waals surface area contributed by atoms with Crippen molar-refractivity contribution < 1.29 is 0 Å². The van der Waals surface area contributed by atoms with Crippen molar-refractivity contribution in [3.63, 3.8) is 0 Å². The Morgan fingerprint density at radius 1 is 1.05 bits per heavy atom. The van der Waals surface area contributed by atoms with Crippen LogP contribution in [0.25, 0.3) is 0 Å². The molecule has 21 heavy (non-hydrogen) atoms. The molecule has 110 valence electrons. The predicted molar refractivity (Wildman–Crippen MR) is 89.8 cm³/mol. The van der Waals surface area contributed by atoms with Crippen LogP contribution in [0.1, 0.15) is 24.5 Å². The maximum Gasteiger partial charge on any atom is 0.0376 e. The fraction of sp³-hybridized carbons (Fsp3) is 0.368. The van der Waals surface area contributed by atoms with E-state index in [0.717, 1.165) is 25.4 Å². The predicted octanol–water partition coefficient (Wildman–Crippen LogP) is 3.69. The molecule has 1 fully saturated rings. The van der Waals surface area contributed by atoms with Crippen LogP contribution in [0.3, 0.4) is 0 Å². The lowest BCUT2D eigenvalue weighted by atomic mass is 10.0. The second-order valence-corrected chi connectivity index (χ2v) is 6.03. The van der Waals surface area contributed by atoms with Crippen molar-refractivity contribution in [3.05, 3.63) is 65.7 Å². The minimum Gasteiger partial charge on any atom is -0.383 e. The average molecular weight is 280 g/mol. The van der Waals surface area contributed by atoms with Gasteiger partial charge in [0, 0.05) is 18.3 Å². The van der Waals surface area contributed by atoms with Gasteiger partial charge in [-0.3, -0.25) is 0 Å². The van der Waals surface area contributed by atoms with Crippen molar-refractivity contribution in [2.45, 2.75) is 25.8 Å². The molecule has 0 bridgehead atoms. The molecule has 1 heterocycles. The number of hydrogen-bond donors (Lipinski definition) is 2. The van der Waals surface area contributed by atoms with E-state index in [0.29, 0.717) is 6.04 Å². The number of benzene rings is 2. The summed E-state index contributed by atoms with van der Waals surface area (Å²) >= 11 is 0. The molecule has 1 aliphatic rings. The van der Waals surface area contributed by atoms with Gasteiger partial charge in [0.2, 0.25) is 0 Å². The monoisotopic (exact) mass is 280 g/mol. The lowest BCUT2D eigenvalue weighted by Gasteiger charge is -2.19. The van der Waals surface area contributed by atoms with Crippen LogP contribution in [0, 0.1) is 5.92 Å². The highest BCUT2D eigenvalue weighted by atomic mass is 15.0. The van der Waals surface area contributed by atoms with Gasteiger partial charge in [-0.05, 0) is 42.5 Å². The first kappa shape index (κ1) is 14.2. The van der Waals surface area contributed by atoms with Crippen LogP contribution in [-0.4, -0.2) is 19.1 Å². The van der Waals surface area contributed by atoms with E-state index in [1.807, 2.05) is 0 Å². The molecule has 2 N–H and O–H groups in total. The summed E-state index contributed by atoms with van der Waals surface area (Å²) < 4.78 is 0. The number of anilines is 1. The molecule has 0 aliphatic carbocycles. The number of para-hydroxylation sites is 1. The Hall–Kier alpha value is -1.80. The molecule has 0 radical (unpaired) electrons. The molecule has 2 atom stereocenters. The van der Waals surface area contributed by atoms with E-state index in [1.165, 1.54) is 23.2 Å². The molecule has 2 unspecified atom stereocenters. The zero-order valence-corrected chi connectivity index (χ0v) is 12.7. The summed E-state index contributed by atoms with van der Waals surface area (Å²) in [6, 6.07) is 19.9. The maximum atomic E-state index is 3.64. The van der Waals surface area contributed by atoms with Gasteiger partial charge in [0.1, 0.15) is 0 Å². The molecule has 2 aromatic rings. The molecule has 0 saturated carbocycles. The second kappa shape index (κ2) is 6.77. The third kappa shape index (κ3) is 3.64. The van der Waals surface area contributed by atoms with E-state index in [4.69, 9.17) is 0 Å². The van der Waals surface area contributed by atoms with Gasteiger partial charge in [-0.1, -0.05) is 55.5 Å². The average Bonchev–Trinajstić information content (AvgIpc) is 2.93. The Balaban J connectivity index is 1.67. The minimum atomic E-state index is 0.592. The largest absolute Gasteiger partial charge is 0.383 e. The Morgan fingerprint density at radius 2 is 1.81 bits per heavy atom. The molecule has 0 amide bonds. The quantitative estimate of drug-likeness (QED) is 0.873. The summed E-state index contributed by atoms with van der Waals surface area (Å²) in [6.45, 7) is 4.49. The van der Waals surface area contributed by atoms with Gasteiger partial charge in [0.25, 0.3) is 0 Å². The van der Waals surface area contributed by atoms with Gasteiger partial charge in [0.15, 0.2) is 0 Å². The molecule has 1 aliphatic heterocycles. The lowest BCUT2D eigenvalue weighted by molar-refractivity contribution is 0.501. The Kier molecular flexibility index (Phi) is 4.56. The number of rotatable bonds is 5. The summed E-state index contributed by atoms with van der Waals surface area (Å²) in [6.07, 6.45) is 2.27. The Bertz CT molecular complexity index is 565. The van der Waals surface area contributed by atoms with Crippen LogP contribution in [-0.2, 0) is 6.42 Å². The zero-order valence-electron chi connectivity index (χ0n) is 12.7. The van der Waals surface area contributed by atoms with E-state index in [1.54, 1.807) is 0 Å². The van der Waals surface area contributed by atoms with Gasteiger partial charge in [-0.15, -0.1) is 0 Å². The summed E-state index contributed by atoms with van der Waals surface area (Å²) in [5.41, 5.74) is 4.00. The molecule has 0 aromatic heterocycles. The van der Waals surface area contributed by atoms with Crippen molar-refractivity contribution >= 4 is 5.69 Å². The van der Waals surface area contributed by atoms with Crippen LogP contribution >= 0.6 is 0 Å². The fourth-order valence-corrected chi connectivity index (χ4v) is 3.05. The lowest BCUT2D eigenvalue weighted by Crippen LogP contribution is -2.33.